The summed E-state index contributed by atoms with van der Waals surface area (Å²) in [6.07, 6.45) is 5.53. The topological polar surface area (TPSA) is 83.6 Å². The van der Waals surface area contributed by atoms with Gasteiger partial charge in [0.1, 0.15) is 6.54 Å². The first-order valence-electron chi connectivity index (χ1n) is 9.64. The Balaban J connectivity index is 1.31. The van der Waals surface area contributed by atoms with Crippen LogP contribution in [0.5, 0.6) is 0 Å². The Morgan fingerprint density at radius 2 is 1.90 bits per heavy atom. The van der Waals surface area contributed by atoms with Crippen molar-refractivity contribution in [2.75, 3.05) is 36.4 Å². The fraction of sp³-hybridized carbons (Fsp3) is 0.286. The van der Waals surface area contributed by atoms with Gasteiger partial charge in [-0.3, -0.25) is 14.3 Å². The third-order valence-corrected chi connectivity index (χ3v) is 4.90. The zero-order valence-electron chi connectivity index (χ0n) is 16.0. The van der Waals surface area contributed by atoms with Gasteiger partial charge in [-0.2, -0.15) is 5.10 Å². The van der Waals surface area contributed by atoms with Gasteiger partial charge in [0.25, 0.3) is 5.91 Å². The van der Waals surface area contributed by atoms with Crippen molar-refractivity contribution in [2.24, 2.45) is 0 Å². The van der Waals surface area contributed by atoms with Gasteiger partial charge in [0.2, 0.25) is 5.91 Å². The molecule has 29 heavy (non-hydrogen) atoms. The molecular formula is C21H23N5O3. The van der Waals surface area contributed by atoms with Crippen molar-refractivity contribution in [3.8, 4) is 0 Å². The van der Waals surface area contributed by atoms with Crippen LogP contribution in [0, 0.1) is 0 Å². The third-order valence-electron chi connectivity index (χ3n) is 4.90. The quantitative estimate of drug-likeness (QED) is 0.720. The number of nitrogens with zero attached hydrogens (tertiary/aromatic N) is 4. The van der Waals surface area contributed by atoms with Gasteiger partial charge < -0.3 is 19.5 Å². The van der Waals surface area contributed by atoms with Crippen molar-refractivity contribution in [2.45, 2.75) is 13.0 Å². The SMILES string of the molecule is O=C(Nc1cnn(CC(=O)N2CCCN(c3ccccc3)CC2)c1)c1ccco1. The van der Waals surface area contributed by atoms with Gasteiger partial charge in [-0.1, -0.05) is 18.2 Å². The second-order valence-corrected chi connectivity index (χ2v) is 6.91. The highest BCUT2D eigenvalue weighted by molar-refractivity contribution is 6.02. The normalized spacial score (nSPS) is 14.5. The molecule has 150 valence electrons. The molecule has 0 unspecified atom stereocenters. The lowest BCUT2D eigenvalue weighted by Gasteiger charge is -2.23. The molecule has 0 spiro atoms. The highest BCUT2D eigenvalue weighted by Gasteiger charge is 2.20. The van der Waals surface area contributed by atoms with Gasteiger partial charge in [0, 0.05) is 38.1 Å². The van der Waals surface area contributed by atoms with Crippen LogP contribution in [0.1, 0.15) is 17.0 Å². The van der Waals surface area contributed by atoms with Gasteiger partial charge in [-0.05, 0) is 30.7 Å². The highest BCUT2D eigenvalue weighted by Crippen LogP contribution is 2.16. The standard InChI is InChI=1S/C21H23N5O3/c27-20(25-10-5-9-24(11-12-25)18-6-2-1-3-7-18)16-26-15-17(14-22-26)23-21(28)19-8-4-13-29-19/h1-4,6-8,13-15H,5,9-12,16H2,(H,23,28). The van der Waals surface area contributed by atoms with E-state index in [0.717, 1.165) is 26.1 Å². The average Bonchev–Trinajstić information content (AvgIpc) is 3.36. The van der Waals surface area contributed by atoms with Crippen molar-refractivity contribution in [3.05, 3.63) is 66.9 Å². The second-order valence-electron chi connectivity index (χ2n) is 6.91. The predicted octanol–water partition coefficient (Wildman–Crippen LogP) is 2.47. The van der Waals surface area contributed by atoms with Crippen molar-refractivity contribution in [1.82, 2.24) is 14.7 Å². The second kappa shape index (κ2) is 8.64. The molecule has 3 heterocycles. The van der Waals surface area contributed by atoms with Gasteiger partial charge in [0.15, 0.2) is 5.76 Å². The number of rotatable bonds is 5. The molecule has 3 aromatic rings. The molecule has 1 fully saturated rings. The fourth-order valence-electron chi connectivity index (χ4n) is 3.42. The smallest absolute Gasteiger partial charge is 0.291 e. The van der Waals surface area contributed by atoms with Crippen LogP contribution in [-0.2, 0) is 11.3 Å². The van der Waals surface area contributed by atoms with E-state index in [0.29, 0.717) is 12.2 Å². The summed E-state index contributed by atoms with van der Waals surface area (Å²) in [6.45, 7) is 3.28. The number of hydrogen-bond donors (Lipinski definition) is 1. The molecule has 2 amide bonds. The molecule has 0 bridgehead atoms. The summed E-state index contributed by atoms with van der Waals surface area (Å²) in [6, 6.07) is 13.5. The lowest BCUT2D eigenvalue weighted by atomic mass is 10.3. The Morgan fingerprint density at radius 1 is 1.03 bits per heavy atom. The number of aromatic nitrogens is 2. The average molecular weight is 393 g/mol. The number of carbonyl (C=O) groups is 2. The van der Waals surface area contributed by atoms with E-state index in [-0.39, 0.29) is 24.1 Å². The van der Waals surface area contributed by atoms with Crippen LogP contribution in [0.3, 0.4) is 0 Å². The first kappa shape index (κ1) is 18.8. The number of benzene rings is 1. The van der Waals surface area contributed by atoms with Crippen molar-refractivity contribution >= 4 is 23.2 Å². The number of hydrogen-bond acceptors (Lipinski definition) is 5. The van der Waals surface area contributed by atoms with Gasteiger partial charge >= 0.3 is 0 Å². The number of para-hydroxylation sites is 1. The Kier molecular flexibility index (Phi) is 5.60. The van der Waals surface area contributed by atoms with E-state index in [4.69, 9.17) is 4.42 Å². The van der Waals surface area contributed by atoms with Crippen LogP contribution in [0.15, 0.2) is 65.5 Å². The maximum Gasteiger partial charge on any atom is 0.291 e. The van der Waals surface area contributed by atoms with Gasteiger partial charge in [-0.15, -0.1) is 0 Å². The van der Waals surface area contributed by atoms with Crippen LogP contribution in [0.25, 0.3) is 0 Å². The molecule has 0 saturated carbocycles. The summed E-state index contributed by atoms with van der Waals surface area (Å²) >= 11 is 0. The summed E-state index contributed by atoms with van der Waals surface area (Å²) in [5.41, 5.74) is 1.70. The summed E-state index contributed by atoms with van der Waals surface area (Å²) < 4.78 is 6.61. The number of furan rings is 1. The molecule has 1 aliphatic rings. The van der Waals surface area contributed by atoms with Gasteiger partial charge in [-0.25, -0.2) is 0 Å². The van der Waals surface area contributed by atoms with E-state index >= 15 is 0 Å². The fourth-order valence-corrected chi connectivity index (χ4v) is 3.42. The minimum atomic E-state index is -0.352. The number of carbonyl (C=O) groups excluding carboxylic acids is 2. The van der Waals surface area contributed by atoms with Crippen LogP contribution < -0.4 is 10.2 Å². The molecule has 8 heteroatoms. The molecule has 0 radical (unpaired) electrons. The molecule has 0 atom stereocenters. The van der Waals surface area contributed by atoms with E-state index < -0.39 is 0 Å². The molecule has 1 aromatic carbocycles. The first-order valence-corrected chi connectivity index (χ1v) is 9.64. The van der Waals surface area contributed by atoms with Crippen LogP contribution in [0.2, 0.25) is 0 Å². The Hall–Kier alpha value is -3.55. The predicted molar refractivity (Wildman–Crippen MR) is 109 cm³/mol. The molecule has 8 nitrogen and oxygen atoms in total. The van der Waals surface area contributed by atoms with Crippen LogP contribution in [0.4, 0.5) is 11.4 Å². The third kappa shape index (κ3) is 4.66. The summed E-state index contributed by atoms with van der Waals surface area (Å²) in [5.74, 6) is -0.109. The minimum Gasteiger partial charge on any atom is -0.459 e. The van der Waals surface area contributed by atoms with E-state index in [9.17, 15) is 9.59 Å². The summed E-state index contributed by atoms with van der Waals surface area (Å²) in [7, 11) is 0. The van der Waals surface area contributed by atoms with Crippen molar-refractivity contribution < 1.29 is 14.0 Å². The number of amides is 2. The zero-order chi connectivity index (χ0) is 20.1. The molecule has 0 aliphatic carbocycles. The number of anilines is 2. The first-order chi connectivity index (χ1) is 14.2. The maximum atomic E-state index is 12.7. The van der Waals surface area contributed by atoms with Crippen molar-refractivity contribution in [3.63, 3.8) is 0 Å². The Labute approximate surface area is 168 Å². The molecule has 1 saturated heterocycles. The van der Waals surface area contributed by atoms with E-state index in [1.54, 1.807) is 23.0 Å². The summed E-state index contributed by atoms with van der Waals surface area (Å²) in [4.78, 5) is 28.9. The molecule has 1 aliphatic heterocycles. The van der Waals surface area contributed by atoms with E-state index in [2.05, 4.69) is 27.4 Å². The minimum absolute atomic E-state index is 0.0203. The van der Waals surface area contributed by atoms with Gasteiger partial charge in [0.05, 0.1) is 18.1 Å². The molecule has 1 N–H and O–H groups in total. The monoisotopic (exact) mass is 393 g/mol. The highest BCUT2D eigenvalue weighted by atomic mass is 16.3. The molecular weight excluding hydrogens is 370 g/mol. The zero-order valence-corrected chi connectivity index (χ0v) is 16.0. The van der Waals surface area contributed by atoms with Crippen molar-refractivity contribution in [1.29, 1.82) is 0 Å². The van der Waals surface area contributed by atoms with Crippen LogP contribution >= 0.6 is 0 Å². The molecule has 2 aromatic heterocycles. The Morgan fingerprint density at radius 3 is 2.69 bits per heavy atom. The maximum absolute atomic E-state index is 12.7. The Bertz CT molecular complexity index is 952. The van der Waals surface area contributed by atoms with E-state index in [1.807, 2.05) is 23.1 Å². The van der Waals surface area contributed by atoms with E-state index in [1.165, 1.54) is 18.1 Å². The number of nitrogens with one attached hydrogen (secondary N) is 1. The molecule has 4 rings (SSSR count). The van der Waals surface area contributed by atoms with Crippen LogP contribution in [-0.4, -0.2) is 52.7 Å². The largest absolute Gasteiger partial charge is 0.459 e. The lowest BCUT2D eigenvalue weighted by molar-refractivity contribution is -0.131. The lowest BCUT2D eigenvalue weighted by Crippen LogP contribution is -2.37. The summed E-state index contributed by atoms with van der Waals surface area (Å²) in [5, 5.41) is 6.89.